The van der Waals surface area contributed by atoms with Crippen LogP contribution in [0.3, 0.4) is 0 Å². The van der Waals surface area contributed by atoms with Gasteiger partial charge in [0.05, 0.1) is 18.7 Å². The van der Waals surface area contributed by atoms with Crippen LogP contribution in [0.1, 0.15) is 27.7 Å². The summed E-state index contributed by atoms with van der Waals surface area (Å²) in [4.78, 5) is 14.0. The Kier molecular flexibility index (Phi) is 10.4. The quantitative estimate of drug-likeness (QED) is 0.429. The highest BCUT2D eigenvalue weighted by Gasteiger charge is 1.98. The van der Waals surface area contributed by atoms with Crippen molar-refractivity contribution in [1.29, 1.82) is 5.41 Å². The molecule has 0 atom stereocenters. The lowest BCUT2D eigenvalue weighted by Crippen LogP contribution is -2.03. The molecule has 0 spiro atoms. The van der Waals surface area contributed by atoms with Gasteiger partial charge < -0.3 is 4.74 Å². The SMILES string of the molecule is C=C(C)C(=O)OCC.CC(C)N=C=N. The van der Waals surface area contributed by atoms with Crippen LogP contribution < -0.4 is 0 Å². The standard InChI is InChI=1S/C6H10O2.C4H8N2/c1-4-8-6(7)5(2)3;1-4(2)6-3-5/h2,4H2,1,3H3;4-5H,1-2H3. The molecular formula is C10H18N2O2. The minimum absolute atomic E-state index is 0.225. The monoisotopic (exact) mass is 198 g/mol. The van der Waals surface area contributed by atoms with Gasteiger partial charge in [-0.15, -0.1) is 0 Å². The van der Waals surface area contributed by atoms with E-state index >= 15 is 0 Å². The molecule has 0 aliphatic carbocycles. The van der Waals surface area contributed by atoms with Crippen molar-refractivity contribution in [3.8, 4) is 0 Å². The number of nitrogens with one attached hydrogen (secondary N) is 1. The molecule has 0 heterocycles. The van der Waals surface area contributed by atoms with Crippen LogP contribution in [-0.2, 0) is 9.53 Å². The lowest BCUT2D eigenvalue weighted by Gasteiger charge is -1.96. The number of carbonyl (C=O) groups is 1. The molecule has 4 nitrogen and oxygen atoms in total. The predicted molar refractivity (Wildman–Crippen MR) is 56.7 cm³/mol. The third-order valence-corrected chi connectivity index (χ3v) is 0.947. The summed E-state index contributed by atoms with van der Waals surface area (Å²) in [6.45, 7) is 11.0. The molecule has 0 bridgehead atoms. The maximum Gasteiger partial charge on any atom is 0.333 e. The van der Waals surface area contributed by atoms with Crippen LogP contribution in [0.4, 0.5) is 0 Å². The number of hydrogen-bond donors (Lipinski definition) is 1. The highest BCUT2D eigenvalue weighted by atomic mass is 16.5. The average Bonchev–Trinajstić information content (AvgIpc) is 2.05. The molecule has 80 valence electrons. The van der Waals surface area contributed by atoms with Crippen LogP contribution in [0.15, 0.2) is 17.1 Å². The predicted octanol–water partition coefficient (Wildman–Crippen LogP) is 2.27. The Balaban J connectivity index is 0. The highest BCUT2D eigenvalue weighted by molar-refractivity contribution is 5.86. The van der Waals surface area contributed by atoms with Gasteiger partial charge in [0, 0.05) is 5.57 Å². The van der Waals surface area contributed by atoms with Crippen molar-refractivity contribution in [3.05, 3.63) is 12.2 Å². The summed E-state index contributed by atoms with van der Waals surface area (Å²) in [6, 6.07) is 2.17. The molecule has 14 heavy (non-hydrogen) atoms. The van der Waals surface area contributed by atoms with Crippen molar-refractivity contribution in [3.63, 3.8) is 0 Å². The Morgan fingerprint density at radius 2 is 2.14 bits per heavy atom. The maximum atomic E-state index is 10.4. The molecule has 0 saturated heterocycles. The Hall–Kier alpha value is -1.41. The third-order valence-electron chi connectivity index (χ3n) is 0.947. The highest BCUT2D eigenvalue weighted by Crippen LogP contribution is 1.89. The van der Waals surface area contributed by atoms with E-state index in [0.717, 1.165) is 0 Å². The Bertz CT molecular complexity index is 228. The number of carbonyl (C=O) groups excluding carboxylic acids is 1. The van der Waals surface area contributed by atoms with Crippen molar-refractivity contribution in [1.82, 2.24) is 0 Å². The van der Waals surface area contributed by atoms with Crippen molar-refractivity contribution in [2.24, 2.45) is 4.99 Å². The second-order valence-electron chi connectivity index (χ2n) is 2.84. The zero-order valence-corrected chi connectivity index (χ0v) is 9.26. The minimum atomic E-state index is -0.312. The minimum Gasteiger partial charge on any atom is -0.463 e. The van der Waals surface area contributed by atoms with Gasteiger partial charge in [0.1, 0.15) is 0 Å². The molecule has 0 aromatic heterocycles. The fourth-order valence-corrected chi connectivity index (χ4v) is 0.383. The molecule has 0 aromatic rings. The average molecular weight is 198 g/mol. The zero-order chi connectivity index (χ0) is 11.6. The van der Waals surface area contributed by atoms with Gasteiger partial charge >= 0.3 is 5.97 Å². The summed E-state index contributed by atoms with van der Waals surface area (Å²) in [5.41, 5.74) is 0.451. The molecule has 0 saturated carbocycles. The number of esters is 1. The van der Waals surface area contributed by atoms with Gasteiger partial charge in [-0.2, -0.15) is 0 Å². The zero-order valence-electron chi connectivity index (χ0n) is 9.26. The Morgan fingerprint density at radius 1 is 1.64 bits per heavy atom. The van der Waals surface area contributed by atoms with Gasteiger partial charge in [0.15, 0.2) is 0 Å². The van der Waals surface area contributed by atoms with Gasteiger partial charge in [0.25, 0.3) is 0 Å². The number of hydrogen-bond acceptors (Lipinski definition) is 4. The van der Waals surface area contributed by atoms with Crippen LogP contribution in [0.2, 0.25) is 0 Å². The number of rotatable bonds is 3. The van der Waals surface area contributed by atoms with Crippen LogP contribution in [0, 0.1) is 5.41 Å². The van der Waals surface area contributed by atoms with Crippen molar-refractivity contribution >= 4 is 12.0 Å². The summed E-state index contributed by atoms with van der Waals surface area (Å²) in [5.74, 6) is -0.312. The normalized spacial score (nSPS) is 8.07. The molecule has 1 N–H and O–H groups in total. The van der Waals surface area contributed by atoms with Crippen molar-refractivity contribution in [2.75, 3.05) is 6.61 Å². The summed E-state index contributed by atoms with van der Waals surface area (Å²) in [6.07, 6.45) is 0. The summed E-state index contributed by atoms with van der Waals surface area (Å²) in [7, 11) is 0. The van der Waals surface area contributed by atoms with Gasteiger partial charge in [-0.05, 0) is 27.7 Å². The first-order chi connectivity index (χ1) is 6.45. The summed E-state index contributed by atoms with van der Waals surface area (Å²) < 4.78 is 4.56. The largest absolute Gasteiger partial charge is 0.463 e. The molecule has 0 aromatic carbocycles. The second-order valence-corrected chi connectivity index (χ2v) is 2.84. The first-order valence-electron chi connectivity index (χ1n) is 4.39. The summed E-state index contributed by atoms with van der Waals surface area (Å²) >= 11 is 0. The molecule has 0 rings (SSSR count). The first-order valence-corrected chi connectivity index (χ1v) is 4.39. The summed E-state index contributed by atoms with van der Waals surface area (Å²) in [5, 5.41) is 6.32. The van der Waals surface area contributed by atoms with Crippen LogP contribution in [0.5, 0.6) is 0 Å². The lowest BCUT2D eigenvalue weighted by atomic mass is 10.4. The van der Waals surface area contributed by atoms with Gasteiger partial charge in [-0.25, -0.2) is 15.2 Å². The van der Waals surface area contributed by atoms with Gasteiger partial charge in [-0.3, -0.25) is 0 Å². The van der Waals surface area contributed by atoms with Crippen LogP contribution >= 0.6 is 0 Å². The molecule has 0 radical (unpaired) electrons. The third kappa shape index (κ3) is 13.2. The fourth-order valence-electron chi connectivity index (χ4n) is 0.383. The molecule has 4 heteroatoms. The molecule has 0 fully saturated rings. The maximum absolute atomic E-state index is 10.4. The van der Waals surface area contributed by atoms with Crippen LogP contribution in [-0.4, -0.2) is 24.6 Å². The van der Waals surface area contributed by atoms with E-state index in [1.54, 1.807) is 13.8 Å². The van der Waals surface area contributed by atoms with E-state index in [2.05, 4.69) is 16.3 Å². The van der Waals surface area contributed by atoms with E-state index in [0.29, 0.717) is 12.2 Å². The topological polar surface area (TPSA) is 62.5 Å². The smallest absolute Gasteiger partial charge is 0.333 e. The van der Waals surface area contributed by atoms with E-state index in [1.165, 1.54) is 0 Å². The molecule has 0 aliphatic heterocycles. The van der Waals surface area contributed by atoms with E-state index in [9.17, 15) is 4.79 Å². The van der Waals surface area contributed by atoms with E-state index in [-0.39, 0.29) is 12.0 Å². The first kappa shape index (κ1) is 15.1. The fraction of sp³-hybridized carbons (Fsp3) is 0.600. The second kappa shape index (κ2) is 9.68. The van der Waals surface area contributed by atoms with E-state index in [1.807, 2.05) is 19.9 Å². The number of ether oxygens (including phenoxy) is 1. The Labute approximate surface area is 85.2 Å². The number of aliphatic imine (C=N–C) groups is 1. The molecule has 0 unspecified atom stereocenters. The molecule has 0 aliphatic rings. The van der Waals surface area contributed by atoms with Crippen LogP contribution in [0.25, 0.3) is 0 Å². The van der Waals surface area contributed by atoms with Gasteiger partial charge in [-0.1, -0.05) is 6.58 Å². The lowest BCUT2D eigenvalue weighted by molar-refractivity contribution is -0.138. The van der Waals surface area contributed by atoms with Gasteiger partial charge in [0.2, 0.25) is 0 Å². The van der Waals surface area contributed by atoms with E-state index in [4.69, 9.17) is 5.41 Å². The molecular weight excluding hydrogens is 180 g/mol. The molecule has 0 amide bonds. The Morgan fingerprint density at radius 3 is 2.21 bits per heavy atom. The van der Waals surface area contributed by atoms with Crippen molar-refractivity contribution < 1.29 is 9.53 Å². The van der Waals surface area contributed by atoms with E-state index < -0.39 is 0 Å². The number of nitrogens with zero attached hydrogens (tertiary/aromatic N) is 1. The van der Waals surface area contributed by atoms with Crippen molar-refractivity contribution in [2.45, 2.75) is 33.7 Å².